The fraction of sp³-hybridized carbons (Fsp3) is 0.250. The molecule has 2 aromatic rings. The molecule has 26 heavy (non-hydrogen) atoms. The molecule has 0 bridgehead atoms. The number of hydrogen-bond donors (Lipinski definition) is 1. The van der Waals surface area contributed by atoms with Crippen molar-refractivity contribution in [3.63, 3.8) is 0 Å². The highest BCUT2D eigenvalue weighted by Gasteiger charge is 2.56. The lowest BCUT2D eigenvalue weighted by molar-refractivity contribution is -0.136. The first-order valence-corrected chi connectivity index (χ1v) is 9.45. The number of rotatable bonds is 3. The van der Waals surface area contributed by atoms with Gasteiger partial charge in [-0.15, -0.1) is 11.8 Å². The van der Waals surface area contributed by atoms with E-state index in [0.29, 0.717) is 29.8 Å². The van der Waals surface area contributed by atoms with E-state index in [0.717, 1.165) is 5.56 Å². The molecule has 2 aromatic carbocycles. The first kappa shape index (κ1) is 16.7. The molecule has 2 amide bonds. The molecule has 130 valence electrons. The lowest BCUT2D eigenvalue weighted by Crippen LogP contribution is -2.48. The molecule has 2 fully saturated rings. The highest BCUT2D eigenvalue weighted by Crippen LogP contribution is 2.54. The van der Waals surface area contributed by atoms with Crippen molar-refractivity contribution in [2.75, 3.05) is 11.1 Å². The quantitative estimate of drug-likeness (QED) is 0.909. The van der Waals surface area contributed by atoms with Crippen LogP contribution in [-0.2, 0) is 14.5 Å². The zero-order valence-corrected chi connectivity index (χ0v) is 14.8. The van der Waals surface area contributed by atoms with Gasteiger partial charge in [0.2, 0.25) is 11.8 Å². The SMILES string of the molecule is N#Cc1cccc(NC(=O)[C@@H]2CS[C@@]3(c4ccccc4)CCC(=O)N23)c1. The van der Waals surface area contributed by atoms with Gasteiger partial charge in [-0.2, -0.15) is 5.26 Å². The highest BCUT2D eigenvalue weighted by atomic mass is 32.2. The van der Waals surface area contributed by atoms with Gasteiger partial charge in [0.25, 0.3) is 0 Å². The Morgan fingerprint density at radius 3 is 2.81 bits per heavy atom. The molecule has 2 saturated heterocycles. The number of fused-ring (bicyclic) bond motifs is 1. The van der Waals surface area contributed by atoms with Gasteiger partial charge in [0, 0.05) is 17.9 Å². The van der Waals surface area contributed by atoms with Crippen LogP contribution in [0.5, 0.6) is 0 Å². The summed E-state index contributed by atoms with van der Waals surface area (Å²) in [4.78, 5) is 26.8. The minimum Gasteiger partial charge on any atom is -0.324 e. The maximum absolute atomic E-state index is 12.9. The zero-order valence-electron chi connectivity index (χ0n) is 14.0. The lowest BCUT2D eigenvalue weighted by atomic mass is 10.0. The number of nitriles is 1. The molecule has 0 radical (unpaired) electrons. The van der Waals surface area contributed by atoms with E-state index in [1.54, 1.807) is 40.9 Å². The summed E-state index contributed by atoms with van der Waals surface area (Å²) in [5, 5.41) is 11.9. The molecule has 2 aliphatic heterocycles. The molecule has 0 unspecified atom stereocenters. The van der Waals surface area contributed by atoms with Gasteiger partial charge in [0.1, 0.15) is 10.9 Å². The van der Waals surface area contributed by atoms with Gasteiger partial charge in [-0.3, -0.25) is 9.59 Å². The van der Waals surface area contributed by atoms with Crippen molar-refractivity contribution in [3.05, 3.63) is 65.7 Å². The summed E-state index contributed by atoms with van der Waals surface area (Å²) in [5.74, 6) is 0.371. The van der Waals surface area contributed by atoms with Gasteiger partial charge in [-0.1, -0.05) is 36.4 Å². The number of anilines is 1. The smallest absolute Gasteiger partial charge is 0.248 e. The van der Waals surface area contributed by atoms with E-state index in [-0.39, 0.29) is 11.8 Å². The van der Waals surface area contributed by atoms with Crippen LogP contribution < -0.4 is 5.32 Å². The van der Waals surface area contributed by atoms with Crippen molar-refractivity contribution in [1.82, 2.24) is 4.90 Å². The minimum absolute atomic E-state index is 0.0183. The molecule has 5 nitrogen and oxygen atoms in total. The Hall–Kier alpha value is -2.78. The Labute approximate surface area is 156 Å². The van der Waals surface area contributed by atoms with Crippen molar-refractivity contribution >= 4 is 29.3 Å². The molecule has 4 rings (SSSR count). The van der Waals surface area contributed by atoms with E-state index in [1.165, 1.54) is 0 Å². The molecule has 2 heterocycles. The topological polar surface area (TPSA) is 73.2 Å². The van der Waals surface area contributed by atoms with E-state index >= 15 is 0 Å². The molecular formula is C20H17N3O2S. The number of carbonyl (C=O) groups is 2. The van der Waals surface area contributed by atoms with Gasteiger partial charge in [0.15, 0.2) is 0 Å². The Bertz CT molecular complexity index is 909. The third kappa shape index (κ3) is 2.65. The van der Waals surface area contributed by atoms with Crippen molar-refractivity contribution in [3.8, 4) is 6.07 Å². The van der Waals surface area contributed by atoms with Crippen LogP contribution in [0.2, 0.25) is 0 Å². The predicted molar refractivity (Wildman–Crippen MR) is 100 cm³/mol. The number of benzene rings is 2. The summed E-state index contributed by atoms with van der Waals surface area (Å²) in [5.41, 5.74) is 2.13. The maximum atomic E-state index is 12.9. The van der Waals surface area contributed by atoms with Gasteiger partial charge in [0.05, 0.1) is 11.6 Å². The van der Waals surface area contributed by atoms with Crippen LogP contribution in [0.3, 0.4) is 0 Å². The summed E-state index contributed by atoms with van der Waals surface area (Å²) in [6, 6.07) is 18.3. The summed E-state index contributed by atoms with van der Waals surface area (Å²) >= 11 is 1.66. The van der Waals surface area contributed by atoms with Crippen LogP contribution in [0.4, 0.5) is 5.69 Å². The summed E-state index contributed by atoms with van der Waals surface area (Å²) in [7, 11) is 0. The highest BCUT2D eigenvalue weighted by molar-refractivity contribution is 8.00. The largest absolute Gasteiger partial charge is 0.324 e. The molecule has 1 N–H and O–H groups in total. The Morgan fingerprint density at radius 1 is 1.23 bits per heavy atom. The molecule has 2 aliphatic rings. The number of hydrogen-bond acceptors (Lipinski definition) is 4. The van der Waals surface area contributed by atoms with Crippen molar-refractivity contribution < 1.29 is 9.59 Å². The van der Waals surface area contributed by atoms with E-state index in [2.05, 4.69) is 11.4 Å². The molecule has 6 heteroatoms. The van der Waals surface area contributed by atoms with Gasteiger partial charge < -0.3 is 10.2 Å². The van der Waals surface area contributed by atoms with Crippen LogP contribution in [0.25, 0.3) is 0 Å². The monoisotopic (exact) mass is 363 g/mol. The zero-order chi connectivity index (χ0) is 18.1. The predicted octanol–water partition coefficient (Wildman–Crippen LogP) is 3.09. The standard InChI is InChI=1S/C20H17N3O2S/c21-12-14-5-4-8-16(11-14)22-19(25)17-13-26-20(10-9-18(24)23(17)20)15-6-2-1-3-7-15/h1-8,11,17H,9-10,13H2,(H,22,25)/t17-,20+/m0/s1. The second kappa shape index (κ2) is 6.50. The second-order valence-corrected chi connectivity index (χ2v) is 7.72. The Balaban J connectivity index is 1.61. The van der Waals surface area contributed by atoms with Crippen LogP contribution in [0.15, 0.2) is 54.6 Å². The molecule has 2 atom stereocenters. The van der Waals surface area contributed by atoms with Crippen LogP contribution in [-0.4, -0.2) is 28.5 Å². The maximum Gasteiger partial charge on any atom is 0.248 e. The average molecular weight is 363 g/mol. The van der Waals surface area contributed by atoms with Crippen LogP contribution in [0.1, 0.15) is 24.0 Å². The Kier molecular flexibility index (Phi) is 4.17. The number of nitrogens with zero attached hydrogens (tertiary/aromatic N) is 2. The number of carbonyl (C=O) groups excluding carboxylic acids is 2. The normalized spacial score (nSPS) is 24.2. The second-order valence-electron chi connectivity index (χ2n) is 6.42. The number of nitrogens with one attached hydrogen (secondary N) is 1. The summed E-state index contributed by atoms with van der Waals surface area (Å²) < 4.78 is 0. The molecule has 0 spiro atoms. The van der Waals surface area contributed by atoms with E-state index in [9.17, 15) is 9.59 Å². The first-order valence-electron chi connectivity index (χ1n) is 8.47. The number of thioether (sulfide) groups is 1. The molecule has 0 aliphatic carbocycles. The van der Waals surface area contributed by atoms with E-state index in [1.807, 2.05) is 30.3 Å². The fourth-order valence-corrected chi connectivity index (χ4v) is 5.38. The third-order valence-corrected chi connectivity index (χ3v) is 6.51. The van der Waals surface area contributed by atoms with E-state index < -0.39 is 10.9 Å². The molecule has 0 aromatic heterocycles. The molecule has 0 saturated carbocycles. The van der Waals surface area contributed by atoms with Gasteiger partial charge in [-0.25, -0.2) is 0 Å². The Morgan fingerprint density at radius 2 is 2.04 bits per heavy atom. The van der Waals surface area contributed by atoms with Gasteiger partial charge >= 0.3 is 0 Å². The van der Waals surface area contributed by atoms with Crippen molar-refractivity contribution in [2.45, 2.75) is 23.8 Å². The van der Waals surface area contributed by atoms with Crippen LogP contribution >= 0.6 is 11.8 Å². The first-order chi connectivity index (χ1) is 12.6. The summed E-state index contributed by atoms with van der Waals surface area (Å²) in [6.07, 6.45) is 1.17. The van der Waals surface area contributed by atoms with E-state index in [4.69, 9.17) is 5.26 Å². The van der Waals surface area contributed by atoms with Crippen molar-refractivity contribution in [1.29, 1.82) is 5.26 Å². The lowest BCUT2D eigenvalue weighted by Gasteiger charge is -2.34. The third-order valence-electron chi connectivity index (χ3n) is 4.91. The van der Waals surface area contributed by atoms with Gasteiger partial charge in [-0.05, 0) is 30.2 Å². The minimum atomic E-state index is -0.513. The van der Waals surface area contributed by atoms with Crippen molar-refractivity contribution in [2.24, 2.45) is 0 Å². The number of amides is 2. The molecular weight excluding hydrogens is 346 g/mol. The average Bonchev–Trinajstić information content (AvgIpc) is 3.22. The summed E-state index contributed by atoms with van der Waals surface area (Å²) in [6.45, 7) is 0. The fourth-order valence-electron chi connectivity index (χ4n) is 3.73. The van der Waals surface area contributed by atoms with Crippen LogP contribution in [0, 0.1) is 11.3 Å².